The van der Waals surface area contributed by atoms with Crippen LogP contribution in [-0.2, 0) is 11.2 Å². The number of hydrogen-bond donors (Lipinski definition) is 3. The Bertz CT molecular complexity index is 1070. The number of carbonyl (C=O) groups is 1. The van der Waals surface area contributed by atoms with E-state index in [1.54, 1.807) is 12.4 Å². The van der Waals surface area contributed by atoms with Gasteiger partial charge in [0.2, 0.25) is 5.91 Å². The largest absolute Gasteiger partial charge is 0.369 e. The zero-order valence-electron chi connectivity index (χ0n) is 16.6. The van der Waals surface area contributed by atoms with Crippen LogP contribution in [0.15, 0.2) is 60.4 Å². The van der Waals surface area contributed by atoms with Crippen molar-refractivity contribution in [2.24, 2.45) is 0 Å². The molecule has 0 bridgehead atoms. The van der Waals surface area contributed by atoms with Crippen LogP contribution in [0.3, 0.4) is 0 Å². The van der Waals surface area contributed by atoms with E-state index in [4.69, 9.17) is 11.6 Å². The summed E-state index contributed by atoms with van der Waals surface area (Å²) in [5.74, 6) is 0.647. The van der Waals surface area contributed by atoms with E-state index < -0.39 is 0 Å². The van der Waals surface area contributed by atoms with Gasteiger partial charge in [0.25, 0.3) is 0 Å². The van der Waals surface area contributed by atoms with E-state index in [1.807, 2.05) is 36.4 Å². The second kappa shape index (κ2) is 9.69. The van der Waals surface area contributed by atoms with Gasteiger partial charge < -0.3 is 16.0 Å². The Kier molecular flexibility index (Phi) is 6.57. The minimum absolute atomic E-state index is 0.0986. The lowest BCUT2D eigenvalue weighted by Gasteiger charge is -2.15. The molecule has 0 atom stereocenters. The molecule has 0 unspecified atom stereocenters. The molecule has 30 heavy (non-hydrogen) atoms. The second-order valence-electron chi connectivity index (χ2n) is 7.30. The van der Waals surface area contributed by atoms with Crippen LogP contribution < -0.4 is 16.0 Å². The topological polar surface area (TPSA) is 78.9 Å². The highest BCUT2D eigenvalue weighted by atomic mass is 35.5. The minimum atomic E-state index is -0.0986. The molecule has 0 aliphatic carbocycles. The maximum Gasteiger partial charge on any atom is 0.248 e. The summed E-state index contributed by atoms with van der Waals surface area (Å²) >= 11 is 6.06. The summed E-state index contributed by atoms with van der Waals surface area (Å²) in [4.78, 5) is 21.1. The molecule has 3 N–H and O–H groups in total. The van der Waals surface area contributed by atoms with Gasteiger partial charge in [-0.2, -0.15) is 0 Å². The number of hydrogen-bond acceptors (Lipinski definition) is 5. The molecule has 0 radical (unpaired) electrons. The molecule has 1 aromatic heterocycles. The number of amides is 1. The molecule has 1 fully saturated rings. The molecule has 4 rings (SSSR count). The third-order valence-corrected chi connectivity index (χ3v) is 5.31. The van der Waals surface area contributed by atoms with Crippen molar-refractivity contribution in [1.82, 2.24) is 15.3 Å². The summed E-state index contributed by atoms with van der Waals surface area (Å²) in [6.45, 7) is 2.57. The van der Waals surface area contributed by atoms with Crippen LogP contribution in [0.2, 0.25) is 5.02 Å². The van der Waals surface area contributed by atoms with Crippen LogP contribution in [0, 0.1) is 0 Å². The molecule has 0 spiro atoms. The zero-order valence-corrected chi connectivity index (χ0v) is 17.4. The fourth-order valence-electron chi connectivity index (χ4n) is 3.55. The van der Waals surface area contributed by atoms with Gasteiger partial charge in [0, 0.05) is 28.7 Å². The quantitative estimate of drug-likeness (QED) is 0.520. The monoisotopic (exact) mass is 421 g/mol. The summed E-state index contributed by atoms with van der Waals surface area (Å²) in [5.41, 5.74) is 3.89. The Balaban J connectivity index is 1.45. The first-order valence-corrected chi connectivity index (χ1v) is 10.5. The molecule has 154 valence electrons. The van der Waals surface area contributed by atoms with Crippen molar-refractivity contribution in [2.75, 3.05) is 30.3 Å². The average molecular weight is 422 g/mol. The van der Waals surface area contributed by atoms with E-state index in [9.17, 15) is 4.79 Å². The fourth-order valence-corrected chi connectivity index (χ4v) is 3.76. The summed E-state index contributed by atoms with van der Waals surface area (Å²) < 4.78 is 0. The molecule has 1 amide bonds. The van der Waals surface area contributed by atoms with Crippen LogP contribution in [0.4, 0.5) is 11.5 Å². The Morgan fingerprint density at radius 1 is 1.13 bits per heavy atom. The maximum absolute atomic E-state index is 12.4. The van der Waals surface area contributed by atoms with Gasteiger partial charge >= 0.3 is 0 Å². The summed E-state index contributed by atoms with van der Waals surface area (Å²) in [7, 11) is 0. The predicted octanol–water partition coefficient (Wildman–Crippen LogP) is 4.19. The number of nitrogens with zero attached hydrogens (tertiary/aromatic N) is 2. The van der Waals surface area contributed by atoms with Crippen LogP contribution in [0.1, 0.15) is 18.4 Å². The molecule has 0 saturated carbocycles. The van der Waals surface area contributed by atoms with Crippen molar-refractivity contribution in [3.63, 3.8) is 0 Å². The Hall–Kier alpha value is -2.96. The number of aromatic nitrogens is 2. The molecule has 3 aromatic rings. The number of halogens is 1. The highest BCUT2D eigenvalue weighted by molar-refractivity contribution is 6.30. The van der Waals surface area contributed by atoms with Crippen LogP contribution in [-0.4, -0.2) is 35.5 Å². The summed E-state index contributed by atoms with van der Waals surface area (Å²) in [5, 5.41) is 11.2. The molecule has 6 nitrogen and oxygen atoms in total. The van der Waals surface area contributed by atoms with E-state index in [-0.39, 0.29) is 5.91 Å². The molecule has 7 heteroatoms. The number of carbonyl (C=O) groups excluding carboxylic acids is 1. The second-order valence-corrected chi connectivity index (χ2v) is 7.74. The molecule has 1 aliphatic heterocycles. The number of anilines is 2. The van der Waals surface area contributed by atoms with E-state index >= 15 is 0 Å². The Morgan fingerprint density at radius 2 is 2.00 bits per heavy atom. The predicted molar refractivity (Wildman–Crippen MR) is 122 cm³/mol. The van der Waals surface area contributed by atoms with E-state index in [2.05, 4.69) is 32.0 Å². The van der Waals surface area contributed by atoms with Crippen molar-refractivity contribution in [3.8, 4) is 0 Å². The molecule has 1 saturated heterocycles. The van der Waals surface area contributed by atoms with Gasteiger partial charge in [-0.15, -0.1) is 0 Å². The number of fused-ring (bicyclic) bond motifs is 1. The SMILES string of the molecule is O=C(C=C1CCNCC1)Nc1ccc2ncnc(NCCc3cccc(Cl)c3)c2c1. The lowest BCUT2D eigenvalue weighted by Crippen LogP contribution is -2.24. The smallest absolute Gasteiger partial charge is 0.248 e. The number of rotatable bonds is 6. The van der Waals surface area contributed by atoms with Crippen molar-refractivity contribution < 1.29 is 4.79 Å². The zero-order chi connectivity index (χ0) is 20.8. The van der Waals surface area contributed by atoms with Gasteiger partial charge in [-0.05, 0) is 68.2 Å². The molecular formula is C23H24ClN5O. The van der Waals surface area contributed by atoms with Gasteiger partial charge in [-0.25, -0.2) is 9.97 Å². The number of piperidine rings is 1. The van der Waals surface area contributed by atoms with Crippen molar-refractivity contribution in [2.45, 2.75) is 19.3 Å². The third-order valence-electron chi connectivity index (χ3n) is 5.08. The fraction of sp³-hybridized carbons (Fsp3) is 0.261. The third kappa shape index (κ3) is 5.34. The summed E-state index contributed by atoms with van der Waals surface area (Å²) in [6.07, 6.45) is 5.92. The lowest BCUT2D eigenvalue weighted by molar-refractivity contribution is -0.112. The highest BCUT2D eigenvalue weighted by Gasteiger charge is 2.09. The van der Waals surface area contributed by atoms with Gasteiger partial charge in [0.1, 0.15) is 12.1 Å². The normalized spacial score (nSPS) is 13.8. The number of nitrogens with one attached hydrogen (secondary N) is 3. The van der Waals surface area contributed by atoms with Crippen molar-refractivity contribution >= 4 is 39.9 Å². The van der Waals surface area contributed by atoms with Crippen LogP contribution in [0.25, 0.3) is 10.9 Å². The standard InChI is InChI=1S/C23H24ClN5O/c24-18-3-1-2-16(12-18)8-11-26-23-20-14-19(4-5-21(20)27-15-28-23)29-22(30)13-17-6-9-25-10-7-17/h1-5,12-15,25H,6-11H2,(H,29,30)(H,26,27,28). The van der Waals surface area contributed by atoms with Gasteiger partial charge in [0.15, 0.2) is 0 Å². The molecular weight excluding hydrogens is 398 g/mol. The summed E-state index contributed by atoms with van der Waals surface area (Å²) in [6, 6.07) is 13.5. The van der Waals surface area contributed by atoms with Crippen LogP contribution >= 0.6 is 11.6 Å². The molecule has 2 heterocycles. The van der Waals surface area contributed by atoms with Crippen LogP contribution in [0.5, 0.6) is 0 Å². The van der Waals surface area contributed by atoms with Gasteiger partial charge in [-0.3, -0.25) is 4.79 Å². The first-order valence-electron chi connectivity index (χ1n) is 10.1. The van der Waals surface area contributed by atoms with Gasteiger partial charge in [-0.1, -0.05) is 29.3 Å². The first-order chi connectivity index (χ1) is 14.7. The molecule has 2 aromatic carbocycles. The Morgan fingerprint density at radius 3 is 2.83 bits per heavy atom. The van der Waals surface area contributed by atoms with E-state index in [0.717, 1.165) is 65.3 Å². The van der Waals surface area contributed by atoms with Crippen molar-refractivity contribution in [1.29, 1.82) is 0 Å². The van der Waals surface area contributed by atoms with E-state index in [1.165, 1.54) is 5.57 Å². The first kappa shape index (κ1) is 20.3. The van der Waals surface area contributed by atoms with Gasteiger partial charge in [0.05, 0.1) is 5.52 Å². The minimum Gasteiger partial charge on any atom is -0.369 e. The molecule has 1 aliphatic rings. The Labute approximate surface area is 180 Å². The average Bonchev–Trinajstić information content (AvgIpc) is 2.75. The highest BCUT2D eigenvalue weighted by Crippen LogP contribution is 2.23. The van der Waals surface area contributed by atoms with Crippen molar-refractivity contribution in [3.05, 3.63) is 71.0 Å². The number of benzene rings is 2. The maximum atomic E-state index is 12.4. The lowest BCUT2D eigenvalue weighted by atomic mass is 10.1. The van der Waals surface area contributed by atoms with E-state index in [0.29, 0.717) is 6.54 Å².